The first-order chi connectivity index (χ1) is 48.9. The van der Waals surface area contributed by atoms with Crippen LogP contribution in [-0.2, 0) is 83.4 Å². The second kappa shape index (κ2) is 31.4. The predicted octanol–water partition coefficient (Wildman–Crippen LogP) is 12.0. The molecule has 2 aliphatic heterocycles. The number of ether oxygens (including phenoxy) is 2. The van der Waals surface area contributed by atoms with Gasteiger partial charge < -0.3 is 59.8 Å². The summed E-state index contributed by atoms with van der Waals surface area (Å²) in [7, 11) is 2.49. The van der Waals surface area contributed by atoms with Crippen LogP contribution in [-0.4, -0.2) is 116 Å². The van der Waals surface area contributed by atoms with Gasteiger partial charge in [-0.05, 0) is 161 Å². The van der Waals surface area contributed by atoms with Gasteiger partial charge >= 0.3 is 24.3 Å². The van der Waals surface area contributed by atoms with E-state index in [1.54, 1.807) is 48.5 Å². The quantitative estimate of drug-likeness (QED) is 0.0344. The number of benzene rings is 8. The highest BCUT2D eigenvalue weighted by atomic mass is 19.4. The molecule has 0 saturated heterocycles. The molecule has 4 amide bonds. The van der Waals surface area contributed by atoms with E-state index in [2.05, 4.69) is 59.7 Å². The molecule has 4 heterocycles. The highest BCUT2D eigenvalue weighted by Gasteiger charge is 2.36. The first kappa shape index (κ1) is 71.3. The number of anilines is 2. The lowest BCUT2D eigenvalue weighted by molar-refractivity contribution is -0.139. The predicted molar refractivity (Wildman–Crippen MR) is 359 cm³/mol. The first-order valence-electron chi connectivity index (χ1n) is 31.8. The maximum Gasteiger partial charge on any atom is 0.416 e. The number of rotatable bonds is 22. The maximum atomic E-state index is 13.6. The van der Waals surface area contributed by atoms with E-state index >= 15 is 0 Å². The van der Waals surface area contributed by atoms with Crippen molar-refractivity contribution in [1.82, 2.24) is 40.7 Å². The molecule has 0 saturated carbocycles. The van der Waals surface area contributed by atoms with Crippen molar-refractivity contribution in [2.24, 2.45) is 0 Å². The van der Waals surface area contributed by atoms with Crippen LogP contribution in [0.4, 0.5) is 37.7 Å². The third-order valence-corrected chi connectivity index (χ3v) is 16.7. The average molecular weight is 1400 g/mol. The first-order valence-corrected chi connectivity index (χ1v) is 31.8. The Morgan fingerprint density at radius 3 is 1.43 bits per heavy atom. The Morgan fingerprint density at radius 2 is 0.961 bits per heavy atom. The fourth-order valence-electron chi connectivity index (χ4n) is 11.7. The molecule has 8 aromatic carbocycles. The van der Waals surface area contributed by atoms with Crippen LogP contribution in [0.1, 0.15) is 76.4 Å². The molecule has 2 aliphatic rings. The van der Waals surface area contributed by atoms with Crippen LogP contribution in [0, 0.1) is 0 Å². The van der Waals surface area contributed by atoms with Gasteiger partial charge in [-0.1, -0.05) is 89.2 Å². The summed E-state index contributed by atoms with van der Waals surface area (Å²) in [6.45, 7) is 2.18. The Labute approximate surface area is 578 Å². The number of nitrogens with one attached hydrogen (secondary N) is 4. The van der Waals surface area contributed by atoms with Crippen molar-refractivity contribution in [1.29, 1.82) is 0 Å². The van der Waals surface area contributed by atoms with Crippen molar-refractivity contribution in [3.05, 3.63) is 237 Å². The minimum absolute atomic E-state index is 0.0120. The molecule has 0 spiro atoms. The SMILES string of the molecule is COc1ccc(CC(=O)Nc2ccc(C(=O)N(CC(=O)O)Cc3ccc(-c4noc(-c5ccc6c(c5)CCNC6)n4)cc3)cc2)c(C(F)(F)F)c1.COc1ccc(CC(=O)Nc2ccc(C(=O)N(CC(=O)O)Cc3ccc(-c4noc(-c5cccc6c5CCNC6)n4)cc3)cc2)c(C(F)(F)F)c1. The van der Waals surface area contributed by atoms with Crippen LogP contribution in [0.5, 0.6) is 11.5 Å². The minimum atomic E-state index is -4.69. The van der Waals surface area contributed by atoms with Crippen molar-refractivity contribution in [2.45, 2.75) is 64.2 Å². The van der Waals surface area contributed by atoms with Gasteiger partial charge in [0.2, 0.25) is 23.5 Å². The van der Waals surface area contributed by atoms with Crippen LogP contribution >= 0.6 is 0 Å². The average Bonchev–Trinajstić information content (AvgIpc) is 1.81. The highest BCUT2D eigenvalue weighted by Crippen LogP contribution is 2.37. The topological polar surface area (TPSA) is 294 Å². The minimum Gasteiger partial charge on any atom is -0.497 e. The Morgan fingerprint density at radius 1 is 0.510 bits per heavy atom. The molecule has 22 nitrogen and oxygen atoms in total. The number of carboxylic acid groups (broad SMARTS) is 2. The molecule has 0 unspecified atom stereocenters. The smallest absolute Gasteiger partial charge is 0.416 e. The van der Waals surface area contributed by atoms with Gasteiger partial charge in [-0.25, -0.2) is 0 Å². The summed E-state index contributed by atoms with van der Waals surface area (Å²) >= 11 is 0. The molecule has 2 aromatic heterocycles. The number of amides is 4. The van der Waals surface area contributed by atoms with E-state index in [9.17, 15) is 65.3 Å². The largest absolute Gasteiger partial charge is 0.497 e. The summed E-state index contributed by atoms with van der Waals surface area (Å²) in [5, 5.41) is 39.1. The Balaban J connectivity index is 0.000000205. The highest BCUT2D eigenvalue weighted by molar-refractivity contribution is 5.99. The zero-order valence-corrected chi connectivity index (χ0v) is 54.6. The van der Waals surface area contributed by atoms with Gasteiger partial charge in [0.15, 0.2) is 0 Å². The molecule has 524 valence electrons. The monoisotopic (exact) mass is 1400 g/mol. The summed E-state index contributed by atoms with van der Waals surface area (Å²) in [6, 6.07) is 44.0. The lowest BCUT2D eigenvalue weighted by Gasteiger charge is -2.21. The third kappa shape index (κ3) is 17.9. The molecular weight excluding hydrogens is 1330 g/mol. The van der Waals surface area contributed by atoms with Gasteiger partial charge in [0.05, 0.1) is 38.2 Å². The molecule has 0 bridgehead atoms. The molecule has 102 heavy (non-hydrogen) atoms. The second-order valence-corrected chi connectivity index (χ2v) is 23.8. The summed E-state index contributed by atoms with van der Waals surface area (Å²) in [5.41, 5.74) is 7.62. The molecule has 0 fully saturated rings. The summed E-state index contributed by atoms with van der Waals surface area (Å²) in [6.07, 6.45) is -8.70. The van der Waals surface area contributed by atoms with Gasteiger partial charge in [-0.15, -0.1) is 0 Å². The van der Waals surface area contributed by atoms with E-state index in [1.165, 1.54) is 109 Å². The van der Waals surface area contributed by atoms with Crippen LogP contribution < -0.4 is 30.7 Å². The molecule has 0 aliphatic carbocycles. The zero-order valence-electron chi connectivity index (χ0n) is 54.6. The third-order valence-electron chi connectivity index (χ3n) is 16.7. The Bertz CT molecular complexity index is 4720. The van der Waals surface area contributed by atoms with Crippen molar-refractivity contribution in [3.63, 3.8) is 0 Å². The van der Waals surface area contributed by atoms with Crippen LogP contribution in [0.2, 0.25) is 0 Å². The number of carboxylic acids is 2. The van der Waals surface area contributed by atoms with Crippen LogP contribution in [0.3, 0.4) is 0 Å². The molecule has 12 rings (SSSR count). The molecule has 10 aromatic rings. The number of fused-ring (bicyclic) bond motifs is 2. The number of methoxy groups -OCH3 is 2. The number of aromatic nitrogens is 4. The lowest BCUT2D eigenvalue weighted by Crippen LogP contribution is -2.35. The summed E-state index contributed by atoms with van der Waals surface area (Å²) in [5.74, 6) is -3.36. The Kier molecular flexibility index (Phi) is 22.0. The van der Waals surface area contributed by atoms with E-state index < -0.39 is 85.0 Å². The fourth-order valence-corrected chi connectivity index (χ4v) is 11.7. The molecule has 6 N–H and O–H groups in total. The van der Waals surface area contributed by atoms with E-state index in [4.69, 9.17) is 18.5 Å². The molecule has 0 radical (unpaired) electrons. The number of hydrogen-bond acceptors (Lipinski definition) is 16. The number of carbonyl (C=O) groups excluding carboxylic acids is 4. The van der Waals surface area contributed by atoms with Gasteiger partial charge in [-0.3, -0.25) is 28.8 Å². The lowest BCUT2D eigenvalue weighted by atomic mass is 9.95. The van der Waals surface area contributed by atoms with Gasteiger partial charge in [0.1, 0.15) is 24.6 Å². The van der Waals surface area contributed by atoms with E-state index in [-0.39, 0.29) is 58.2 Å². The number of halogens is 6. The van der Waals surface area contributed by atoms with E-state index in [1.807, 2.05) is 18.2 Å². The standard InChI is InChI=1S/2C37H32F3N5O6/c1-50-30-13-10-26(31(18-30)37(38,39)40)17-32(46)42-29-11-8-24(9-12-29)36(49)45(21-33(47)48)20-22-2-4-23(5-3-22)34-43-35(51-44-34)27-6-7-28-19-41-15-14-25(28)16-27;1-50-28-14-11-25(31(18-28)37(38,39)40)17-32(46)42-27-12-9-24(10-13-27)36(49)45(21-33(47)48)20-22-5-7-23(8-6-22)34-43-35(51-44-34)30-4-2-3-26-19-41-16-15-29(26)30/h2-13,16,18,41H,14-15,17,19-21H2,1H3,(H,42,46)(H,47,48);2-14,18,41H,15-17,19-21H2,1H3,(H,42,46)(H,47,48). The molecular formula is C74H64F6N10O12. The van der Waals surface area contributed by atoms with Gasteiger partial charge in [-0.2, -0.15) is 36.3 Å². The van der Waals surface area contributed by atoms with Crippen LogP contribution in [0.25, 0.3) is 45.7 Å². The van der Waals surface area contributed by atoms with Gasteiger partial charge in [0.25, 0.3) is 23.6 Å². The van der Waals surface area contributed by atoms with Crippen molar-refractivity contribution in [2.75, 3.05) is 51.0 Å². The number of aliphatic carboxylic acids is 2. The van der Waals surface area contributed by atoms with E-state index in [0.29, 0.717) is 45.7 Å². The number of hydrogen-bond donors (Lipinski definition) is 6. The van der Waals surface area contributed by atoms with E-state index in [0.717, 1.165) is 72.1 Å². The normalized spacial score (nSPS) is 12.5. The molecule has 28 heteroatoms. The number of carbonyl (C=O) groups is 6. The van der Waals surface area contributed by atoms with Crippen molar-refractivity contribution in [3.8, 4) is 57.2 Å². The number of alkyl halides is 6. The molecule has 0 atom stereocenters. The van der Waals surface area contributed by atoms with Crippen LogP contribution in [0.15, 0.2) is 179 Å². The Hall–Kier alpha value is -12.0. The van der Waals surface area contributed by atoms with Crippen molar-refractivity contribution < 1.29 is 83.8 Å². The maximum absolute atomic E-state index is 13.6. The number of nitrogens with zero attached hydrogens (tertiary/aromatic N) is 6. The zero-order chi connectivity index (χ0) is 72.2. The second-order valence-electron chi connectivity index (χ2n) is 23.8. The summed E-state index contributed by atoms with van der Waals surface area (Å²) < 4.78 is 102. The van der Waals surface area contributed by atoms with Gasteiger partial charge in [0, 0.05) is 70.9 Å². The fraction of sp³-hybridized carbons (Fsp3) is 0.216. The van der Waals surface area contributed by atoms with Crippen molar-refractivity contribution >= 4 is 46.9 Å². The summed E-state index contributed by atoms with van der Waals surface area (Å²) in [4.78, 5) is 86.9.